The van der Waals surface area contributed by atoms with Crippen LogP contribution in [0.15, 0.2) is 48.5 Å². The van der Waals surface area contributed by atoms with Gasteiger partial charge in [0, 0.05) is 37.4 Å². The van der Waals surface area contributed by atoms with Crippen molar-refractivity contribution in [3.8, 4) is 10.6 Å². The summed E-state index contributed by atoms with van der Waals surface area (Å²) in [5, 5.41) is 1.45. The van der Waals surface area contributed by atoms with Gasteiger partial charge in [0.25, 0.3) is 5.91 Å². The molecule has 144 valence electrons. The Morgan fingerprint density at radius 2 is 1.79 bits per heavy atom. The predicted molar refractivity (Wildman–Crippen MR) is 117 cm³/mol. The van der Waals surface area contributed by atoms with Crippen molar-refractivity contribution < 1.29 is 4.79 Å². The van der Waals surface area contributed by atoms with Crippen LogP contribution in [0.25, 0.3) is 10.6 Å². The molecule has 28 heavy (non-hydrogen) atoms. The number of thiazole rings is 1. The molecule has 0 saturated carbocycles. The molecule has 4 rings (SSSR count). The molecule has 3 aromatic rings. The number of aryl methyl sites for hydroxylation is 2. The fourth-order valence-corrected chi connectivity index (χ4v) is 4.84. The van der Waals surface area contributed by atoms with Gasteiger partial charge in [-0.2, -0.15) is 0 Å². The lowest BCUT2D eigenvalue weighted by molar-refractivity contribution is 0.0750. The van der Waals surface area contributed by atoms with Crippen LogP contribution in [0, 0.1) is 13.8 Å². The SMILES string of the molecule is Cc1cccc(N2CCN(C(=O)c3sc(-c4ccccc4Cl)nc3C)CC2)c1. The Morgan fingerprint density at radius 1 is 1.04 bits per heavy atom. The van der Waals surface area contributed by atoms with E-state index in [0.717, 1.165) is 29.4 Å². The number of halogens is 1. The number of hydrogen-bond donors (Lipinski definition) is 0. The number of nitrogens with zero attached hydrogens (tertiary/aromatic N) is 3. The number of aromatic nitrogens is 1. The quantitative estimate of drug-likeness (QED) is 0.605. The third kappa shape index (κ3) is 3.77. The minimum Gasteiger partial charge on any atom is -0.368 e. The first-order valence-corrected chi connectivity index (χ1v) is 10.6. The van der Waals surface area contributed by atoms with Gasteiger partial charge in [-0.1, -0.05) is 41.9 Å². The van der Waals surface area contributed by atoms with Crippen LogP contribution in [-0.4, -0.2) is 42.0 Å². The van der Waals surface area contributed by atoms with Crippen LogP contribution in [0.3, 0.4) is 0 Å². The normalized spacial score (nSPS) is 14.4. The summed E-state index contributed by atoms with van der Waals surface area (Å²) in [5.41, 5.74) is 4.12. The predicted octanol–water partition coefficient (Wildman–Crippen LogP) is 5.04. The summed E-state index contributed by atoms with van der Waals surface area (Å²) in [6, 6.07) is 16.1. The van der Waals surface area contributed by atoms with Gasteiger partial charge in [0.05, 0.1) is 10.7 Å². The molecule has 1 aliphatic heterocycles. The highest BCUT2D eigenvalue weighted by Gasteiger charge is 2.26. The second-order valence-corrected chi connectivity index (χ2v) is 8.44. The van der Waals surface area contributed by atoms with Crippen molar-refractivity contribution in [2.75, 3.05) is 31.1 Å². The molecule has 1 fully saturated rings. The number of rotatable bonds is 3. The molecule has 2 aromatic carbocycles. The van der Waals surface area contributed by atoms with Crippen molar-refractivity contribution in [2.45, 2.75) is 13.8 Å². The summed E-state index contributed by atoms with van der Waals surface area (Å²) in [6.07, 6.45) is 0. The standard InChI is InChI=1S/C22H22ClN3OS/c1-15-6-5-7-17(14-15)25-10-12-26(13-11-25)22(27)20-16(2)24-21(28-20)18-8-3-4-9-19(18)23/h3-9,14H,10-13H2,1-2H3. The van der Waals surface area contributed by atoms with Gasteiger partial charge in [0.1, 0.15) is 9.88 Å². The number of carbonyl (C=O) groups is 1. The van der Waals surface area contributed by atoms with Gasteiger partial charge < -0.3 is 9.80 Å². The van der Waals surface area contributed by atoms with Crippen LogP contribution < -0.4 is 4.90 Å². The van der Waals surface area contributed by atoms with E-state index in [-0.39, 0.29) is 5.91 Å². The maximum Gasteiger partial charge on any atom is 0.265 e. The Morgan fingerprint density at radius 3 is 2.50 bits per heavy atom. The van der Waals surface area contributed by atoms with E-state index < -0.39 is 0 Å². The van der Waals surface area contributed by atoms with Gasteiger partial charge in [0.2, 0.25) is 0 Å². The molecule has 0 spiro atoms. The van der Waals surface area contributed by atoms with Crippen molar-refractivity contribution >= 4 is 34.5 Å². The lowest BCUT2D eigenvalue weighted by Gasteiger charge is -2.36. The molecular weight excluding hydrogens is 390 g/mol. The van der Waals surface area contributed by atoms with Crippen molar-refractivity contribution in [1.82, 2.24) is 9.88 Å². The summed E-state index contributed by atoms with van der Waals surface area (Å²) < 4.78 is 0. The molecule has 0 unspecified atom stereocenters. The third-order valence-corrected chi connectivity index (χ3v) is 6.54. The van der Waals surface area contributed by atoms with E-state index in [4.69, 9.17) is 11.6 Å². The molecule has 0 bridgehead atoms. The molecule has 2 heterocycles. The minimum atomic E-state index is 0.0668. The molecule has 1 aliphatic rings. The maximum absolute atomic E-state index is 13.1. The molecule has 0 N–H and O–H groups in total. The highest BCUT2D eigenvalue weighted by atomic mass is 35.5. The molecule has 0 atom stereocenters. The van der Waals surface area contributed by atoms with Crippen LogP contribution in [0.1, 0.15) is 20.9 Å². The first kappa shape index (κ1) is 19.0. The number of carbonyl (C=O) groups excluding carboxylic acids is 1. The highest BCUT2D eigenvalue weighted by Crippen LogP contribution is 2.33. The average Bonchev–Trinajstić information content (AvgIpc) is 3.09. The van der Waals surface area contributed by atoms with Crippen LogP contribution in [0.2, 0.25) is 5.02 Å². The average molecular weight is 412 g/mol. The fourth-order valence-electron chi connectivity index (χ4n) is 3.48. The van der Waals surface area contributed by atoms with E-state index in [1.54, 1.807) is 0 Å². The zero-order valence-electron chi connectivity index (χ0n) is 16.0. The van der Waals surface area contributed by atoms with Crippen LogP contribution >= 0.6 is 22.9 Å². The highest BCUT2D eigenvalue weighted by molar-refractivity contribution is 7.17. The molecule has 1 aromatic heterocycles. The zero-order valence-corrected chi connectivity index (χ0v) is 17.6. The topological polar surface area (TPSA) is 36.4 Å². The second kappa shape index (κ2) is 7.94. The lowest BCUT2D eigenvalue weighted by Crippen LogP contribution is -2.48. The van der Waals surface area contributed by atoms with Gasteiger partial charge in [-0.25, -0.2) is 4.98 Å². The Balaban J connectivity index is 1.48. The summed E-state index contributed by atoms with van der Waals surface area (Å²) in [4.78, 5) is 22.7. The molecule has 0 aliphatic carbocycles. The van der Waals surface area contributed by atoms with Crippen molar-refractivity contribution in [2.24, 2.45) is 0 Å². The first-order valence-electron chi connectivity index (χ1n) is 9.36. The van der Waals surface area contributed by atoms with Crippen LogP contribution in [0.4, 0.5) is 5.69 Å². The first-order chi connectivity index (χ1) is 13.5. The van der Waals surface area contributed by atoms with Gasteiger partial charge in [0.15, 0.2) is 0 Å². The summed E-state index contributed by atoms with van der Waals surface area (Å²) in [7, 11) is 0. The number of hydrogen-bond acceptors (Lipinski definition) is 4. The Labute approximate surface area is 174 Å². The van der Waals surface area contributed by atoms with Crippen molar-refractivity contribution in [3.05, 3.63) is 69.7 Å². The lowest BCUT2D eigenvalue weighted by atomic mass is 10.2. The summed E-state index contributed by atoms with van der Waals surface area (Å²) in [5.74, 6) is 0.0668. The fraction of sp³-hybridized carbons (Fsp3) is 0.273. The van der Waals surface area contributed by atoms with Gasteiger partial charge in [-0.3, -0.25) is 4.79 Å². The number of piperazine rings is 1. The molecule has 0 radical (unpaired) electrons. The van der Waals surface area contributed by atoms with E-state index in [1.165, 1.54) is 22.6 Å². The number of anilines is 1. The molecule has 1 saturated heterocycles. The molecule has 4 nitrogen and oxygen atoms in total. The van der Waals surface area contributed by atoms with E-state index in [9.17, 15) is 4.79 Å². The molecular formula is C22H22ClN3OS. The second-order valence-electron chi connectivity index (χ2n) is 7.03. The van der Waals surface area contributed by atoms with Crippen LogP contribution in [0.5, 0.6) is 0 Å². The van der Waals surface area contributed by atoms with Gasteiger partial charge >= 0.3 is 0 Å². The zero-order chi connectivity index (χ0) is 19.7. The third-order valence-electron chi connectivity index (χ3n) is 5.03. The van der Waals surface area contributed by atoms with Gasteiger partial charge in [-0.05, 0) is 37.6 Å². The smallest absolute Gasteiger partial charge is 0.265 e. The van der Waals surface area contributed by atoms with E-state index in [0.29, 0.717) is 23.0 Å². The molecule has 1 amide bonds. The number of benzene rings is 2. The Bertz CT molecular complexity index is 1010. The Kier molecular flexibility index (Phi) is 5.38. The monoisotopic (exact) mass is 411 g/mol. The Hall–Kier alpha value is -2.37. The summed E-state index contributed by atoms with van der Waals surface area (Å²) in [6.45, 7) is 7.10. The number of amides is 1. The summed E-state index contributed by atoms with van der Waals surface area (Å²) >= 11 is 7.73. The van der Waals surface area contributed by atoms with Gasteiger partial charge in [-0.15, -0.1) is 11.3 Å². The molecule has 6 heteroatoms. The van der Waals surface area contributed by atoms with E-state index in [1.807, 2.05) is 36.1 Å². The van der Waals surface area contributed by atoms with Crippen LogP contribution in [-0.2, 0) is 0 Å². The maximum atomic E-state index is 13.1. The largest absolute Gasteiger partial charge is 0.368 e. The van der Waals surface area contributed by atoms with E-state index >= 15 is 0 Å². The van der Waals surface area contributed by atoms with Crippen molar-refractivity contribution in [1.29, 1.82) is 0 Å². The van der Waals surface area contributed by atoms with E-state index in [2.05, 4.69) is 41.1 Å². The van der Waals surface area contributed by atoms with Crippen molar-refractivity contribution in [3.63, 3.8) is 0 Å². The minimum absolute atomic E-state index is 0.0668.